The van der Waals surface area contributed by atoms with E-state index in [1.54, 1.807) is 23.6 Å². The molecule has 2 aromatic rings. The van der Waals surface area contributed by atoms with Crippen molar-refractivity contribution in [1.82, 2.24) is 4.98 Å². The van der Waals surface area contributed by atoms with Gasteiger partial charge in [-0.1, -0.05) is 0 Å². The van der Waals surface area contributed by atoms with Crippen LogP contribution in [0.2, 0.25) is 0 Å². The van der Waals surface area contributed by atoms with Crippen LogP contribution in [0.1, 0.15) is 20.1 Å². The molecule has 0 atom stereocenters. The standard InChI is InChI=1S/C13H11BrN2OS2/c14-12-9(2-1-4-15-12)16-13(17)11-6-8-7-18-5-3-10(8)19-11/h1-2,4,6H,3,5,7H2,(H,16,17). The van der Waals surface area contributed by atoms with E-state index in [-0.39, 0.29) is 5.91 Å². The number of carbonyl (C=O) groups is 1. The van der Waals surface area contributed by atoms with Crippen molar-refractivity contribution in [3.05, 3.63) is 44.3 Å². The third kappa shape index (κ3) is 2.85. The molecule has 1 amide bonds. The number of thiophene rings is 1. The summed E-state index contributed by atoms with van der Waals surface area (Å²) in [6.45, 7) is 0. The van der Waals surface area contributed by atoms with Gasteiger partial charge < -0.3 is 5.32 Å². The predicted molar refractivity (Wildman–Crippen MR) is 84.1 cm³/mol. The molecule has 0 aliphatic carbocycles. The van der Waals surface area contributed by atoms with Crippen LogP contribution in [-0.4, -0.2) is 16.6 Å². The molecule has 0 radical (unpaired) electrons. The third-order valence-electron chi connectivity index (χ3n) is 2.86. The second kappa shape index (κ2) is 5.64. The Morgan fingerprint density at radius 3 is 3.16 bits per heavy atom. The van der Waals surface area contributed by atoms with E-state index in [2.05, 4.69) is 26.2 Å². The van der Waals surface area contributed by atoms with E-state index >= 15 is 0 Å². The van der Waals surface area contributed by atoms with Gasteiger partial charge in [0.2, 0.25) is 0 Å². The van der Waals surface area contributed by atoms with Crippen molar-refractivity contribution in [2.24, 2.45) is 0 Å². The largest absolute Gasteiger partial charge is 0.319 e. The lowest BCUT2D eigenvalue weighted by Crippen LogP contribution is -2.10. The highest BCUT2D eigenvalue weighted by atomic mass is 79.9. The number of pyridine rings is 1. The van der Waals surface area contributed by atoms with Crippen LogP contribution in [0.25, 0.3) is 0 Å². The van der Waals surface area contributed by atoms with E-state index in [9.17, 15) is 4.79 Å². The van der Waals surface area contributed by atoms with Gasteiger partial charge in [-0.3, -0.25) is 4.79 Å². The molecular formula is C13H11BrN2OS2. The van der Waals surface area contributed by atoms with E-state index in [1.807, 2.05) is 23.9 Å². The van der Waals surface area contributed by atoms with E-state index in [0.29, 0.717) is 10.3 Å². The lowest BCUT2D eigenvalue weighted by atomic mass is 10.2. The van der Waals surface area contributed by atoms with E-state index in [1.165, 1.54) is 10.4 Å². The summed E-state index contributed by atoms with van der Waals surface area (Å²) >= 11 is 6.86. The second-order valence-electron chi connectivity index (χ2n) is 4.16. The average molecular weight is 355 g/mol. The van der Waals surface area contributed by atoms with Crippen LogP contribution in [0.4, 0.5) is 5.69 Å². The quantitative estimate of drug-likeness (QED) is 0.830. The molecule has 0 spiro atoms. The Morgan fingerprint density at radius 2 is 2.37 bits per heavy atom. The van der Waals surface area contributed by atoms with E-state index < -0.39 is 0 Å². The SMILES string of the molecule is O=C(Nc1cccnc1Br)c1cc2c(s1)CCSC2. The molecule has 1 aliphatic rings. The van der Waals surface area contributed by atoms with Gasteiger partial charge in [0.1, 0.15) is 4.60 Å². The van der Waals surface area contributed by atoms with Crippen LogP contribution in [0.3, 0.4) is 0 Å². The average Bonchev–Trinajstić information content (AvgIpc) is 2.85. The number of amides is 1. The minimum Gasteiger partial charge on any atom is -0.319 e. The Hall–Kier alpha value is -0.850. The summed E-state index contributed by atoms with van der Waals surface area (Å²) in [7, 11) is 0. The minimum absolute atomic E-state index is 0.0573. The van der Waals surface area contributed by atoms with Crippen molar-refractivity contribution in [3.8, 4) is 0 Å². The first-order valence-electron chi connectivity index (χ1n) is 5.85. The lowest BCUT2D eigenvalue weighted by molar-refractivity contribution is 0.103. The number of thioether (sulfide) groups is 1. The molecule has 2 aromatic heterocycles. The third-order valence-corrected chi connectivity index (χ3v) is 5.73. The number of halogens is 1. The summed E-state index contributed by atoms with van der Waals surface area (Å²) in [5.41, 5.74) is 2.02. The Labute approximate surface area is 128 Å². The van der Waals surface area contributed by atoms with Crippen LogP contribution >= 0.6 is 39.0 Å². The fourth-order valence-electron chi connectivity index (χ4n) is 1.92. The molecule has 1 N–H and O–H groups in total. The molecule has 0 bridgehead atoms. The summed E-state index contributed by atoms with van der Waals surface area (Å²) in [4.78, 5) is 18.5. The van der Waals surface area contributed by atoms with Crippen LogP contribution in [-0.2, 0) is 12.2 Å². The Bertz CT molecular complexity index is 603. The van der Waals surface area contributed by atoms with Crippen LogP contribution in [0.5, 0.6) is 0 Å². The van der Waals surface area contributed by atoms with Gasteiger partial charge >= 0.3 is 0 Å². The molecular weight excluding hydrogens is 344 g/mol. The highest BCUT2D eigenvalue weighted by Crippen LogP contribution is 2.32. The first kappa shape index (κ1) is 13.1. The molecule has 1 aliphatic heterocycles. The zero-order chi connectivity index (χ0) is 13.2. The molecule has 3 heterocycles. The summed E-state index contributed by atoms with van der Waals surface area (Å²) in [5, 5.41) is 2.89. The van der Waals surface area contributed by atoms with E-state index in [4.69, 9.17) is 0 Å². The number of nitrogens with zero attached hydrogens (tertiary/aromatic N) is 1. The first-order chi connectivity index (χ1) is 9.24. The number of rotatable bonds is 2. The summed E-state index contributed by atoms with van der Waals surface area (Å²) in [5.74, 6) is 2.12. The minimum atomic E-state index is -0.0573. The van der Waals surface area contributed by atoms with Gasteiger partial charge in [0.05, 0.1) is 10.6 Å². The van der Waals surface area contributed by atoms with Gasteiger partial charge in [0, 0.05) is 16.8 Å². The van der Waals surface area contributed by atoms with Gasteiger partial charge in [-0.2, -0.15) is 11.8 Å². The molecule has 0 fully saturated rings. The number of aryl methyl sites for hydroxylation is 1. The lowest BCUT2D eigenvalue weighted by Gasteiger charge is -2.08. The molecule has 0 saturated carbocycles. The Balaban J connectivity index is 1.81. The van der Waals surface area contributed by atoms with Crippen molar-refractivity contribution in [1.29, 1.82) is 0 Å². The number of nitrogens with one attached hydrogen (secondary N) is 1. The maximum atomic E-state index is 12.2. The van der Waals surface area contributed by atoms with Crippen molar-refractivity contribution in [2.45, 2.75) is 12.2 Å². The van der Waals surface area contributed by atoms with Crippen molar-refractivity contribution in [2.75, 3.05) is 11.1 Å². The van der Waals surface area contributed by atoms with Gasteiger partial charge in [0.25, 0.3) is 5.91 Å². The maximum absolute atomic E-state index is 12.2. The van der Waals surface area contributed by atoms with Gasteiger partial charge in [-0.15, -0.1) is 11.3 Å². The van der Waals surface area contributed by atoms with Gasteiger partial charge in [-0.05, 0) is 51.9 Å². The van der Waals surface area contributed by atoms with Crippen molar-refractivity contribution in [3.63, 3.8) is 0 Å². The zero-order valence-corrected chi connectivity index (χ0v) is 13.2. The molecule has 0 saturated heterocycles. The maximum Gasteiger partial charge on any atom is 0.265 e. The smallest absolute Gasteiger partial charge is 0.265 e. The second-order valence-corrected chi connectivity index (χ2v) is 7.15. The highest BCUT2D eigenvalue weighted by Gasteiger charge is 2.18. The molecule has 19 heavy (non-hydrogen) atoms. The molecule has 3 nitrogen and oxygen atoms in total. The number of fused-ring (bicyclic) bond motifs is 1. The predicted octanol–water partition coefficient (Wildman–Crippen LogP) is 3.95. The Morgan fingerprint density at radius 1 is 1.47 bits per heavy atom. The summed E-state index contributed by atoms with van der Waals surface area (Å²) in [6, 6.07) is 5.65. The summed E-state index contributed by atoms with van der Waals surface area (Å²) < 4.78 is 0.653. The van der Waals surface area contributed by atoms with Crippen molar-refractivity contribution >= 4 is 50.6 Å². The molecule has 6 heteroatoms. The van der Waals surface area contributed by atoms with Crippen LogP contribution in [0, 0.1) is 0 Å². The van der Waals surface area contributed by atoms with E-state index in [0.717, 1.165) is 22.8 Å². The molecule has 0 unspecified atom stereocenters. The number of hydrogen-bond acceptors (Lipinski definition) is 4. The number of aromatic nitrogens is 1. The Kier molecular flexibility index (Phi) is 3.91. The normalized spacial score (nSPS) is 13.9. The monoisotopic (exact) mass is 354 g/mol. The van der Waals surface area contributed by atoms with Crippen LogP contribution in [0.15, 0.2) is 29.0 Å². The number of hydrogen-bond donors (Lipinski definition) is 1. The fourth-order valence-corrected chi connectivity index (χ4v) is 4.54. The van der Waals surface area contributed by atoms with Gasteiger partial charge in [0.15, 0.2) is 0 Å². The number of carbonyl (C=O) groups excluding carboxylic acids is 1. The molecule has 98 valence electrons. The first-order valence-corrected chi connectivity index (χ1v) is 8.61. The number of anilines is 1. The highest BCUT2D eigenvalue weighted by molar-refractivity contribution is 9.10. The fraction of sp³-hybridized carbons (Fsp3) is 0.231. The molecule has 3 rings (SSSR count). The van der Waals surface area contributed by atoms with Gasteiger partial charge in [-0.25, -0.2) is 4.98 Å². The molecule has 0 aromatic carbocycles. The van der Waals surface area contributed by atoms with Crippen molar-refractivity contribution < 1.29 is 4.79 Å². The van der Waals surface area contributed by atoms with Crippen LogP contribution < -0.4 is 5.32 Å². The topological polar surface area (TPSA) is 42.0 Å². The zero-order valence-electron chi connectivity index (χ0n) is 9.98. The summed E-state index contributed by atoms with van der Waals surface area (Å²) in [6.07, 6.45) is 2.76.